The van der Waals surface area contributed by atoms with Crippen molar-refractivity contribution < 1.29 is 0 Å². The van der Waals surface area contributed by atoms with Gasteiger partial charge in [0.25, 0.3) is 0 Å². The number of rotatable bonds is 3. The van der Waals surface area contributed by atoms with E-state index in [1.54, 1.807) is 0 Å². The Morgan fingerprint density at radius 1 is 0.423 bits per heavy atom. The normalized spacial score (nSPS) is 12.5. The molecule has 4 heterocycles. The molecular formula is C48H28N2S2. The van der Waals surface area contributed by atoms with Gasteiger partial charge in [0.05, 0.1) is 16.7 Å². The number of fused-ring (bicyclic) bond motifs is 11. The van der Waals surface area contributed by atoms with Crippen molar-refractivity contribution in [3.05, 3.63) is 170 Å². The minimum absolute atomic E-state index is 1.16. The fourth-order valence-corrected chi connectivity index (χ4v) is 10.8. The molecule has 0 unspecified atom stereocenters. The molecule has 0 atom stereocenters. The average molecular weight is 697 g/mol. The number of thiophene rings is 1. The Kier molecular flexibility index (Phi) is 5.90. The third-order valence-electron chi connectivity index (χ3n) is 10.9. The van der Waals surface area contributed by atoms with Crippen LogP contribution in [0, 0.1) is 0 Å². The molecule has 0 radical (unpaired) electrons. The van der Waals surface area contributed by atoms with Gasteiger partial charge < -0.3 is 0 Å². The van der Waals surface area contributed by atoms with Crippen LogP contribution >= 0.6 is 23.1 Å². The van der Waals surface area contributed by atoms with Gasteiger partial charge in [-0.25, -0.2) is 0 Å². The van der Waals surface area contributed by atoms with Crippen LogP contribution in [0.3, 0.4) is 0 Å². The van der Waals surface area contributed by atoms with Crippen molar-refractivity contribution in [3.8, 4) is 33.6 Å². The molecule has 0 amide bonds. The standard InChI is InChI=1S/C48H28N2S2/c1-2-11-30(12-3-1)35-15-8-17-40-45(35)46-37-16-9-19-43-47(37)50(48(46)49(40)34-23-20-29-10-4-5-13-31(29)26-34)39-24-21-33(28-44(39)52-43)32-22-25-42-38(27-32)36-14-6-7-18-41(36)51-42/h1-28H. The number of hydrogen-bond acceptors (Lipinski definition) is 2. The van der Waals surface area contributed by atoms with Crippen molar-refractivity contribution in [1.29, 1.82) is 0 Å². The quantitative estimate of drug-likeness (QED) is 0.179. The highest BCUT2D eigenvalue weighted by Gasteiger charge is 2.29. The molecule has 0 fully saturated rings. The molecule has 11 aromatic rings. The monoisotopic (exact) mass is 696 g/mol. The van der Waals surface area contributed by atoms with Crippen molar-refractivity contribution in [2.45, 2.75) is 9.79 Å². The second-order valence-corrected chi connectivity index (χ2v) is 15.9. The van der Waals surface area contributed by atoms with Crippen molar-refractivity contribution in [2.24, 2.45) is 0 Å². The van der Waals surface area contributed by atoms with E-state index in [-0.39, 0.29) is 0 Å². The zero-order valence-corrected chi connectivity index (χ0v) is 29.5. The number of hydrogen-bond donors (Lipinski definition) is 0. The lowest BCUT2D eigenvalue weighted by Gasteiger charge is -2.22. The van der Waals surface area contributed by atoms with Crippen LogP contribution in [0.2, 0.25) is 0 Å². The predicted octanol–water partition coefficient (Wildman–Crippen LogP) is 14.0. The van der Waals surface area contributed by atoms with E-state index in [0.717, 1.165) is 5.69 Å². The van der Waals surface area contributed by atoms with E-state index in [4.69, 9.17) is 0 Å². The smallest absolute Gasteiger partial charge is 0.131 e. The van der Waals surface area contributed by atoms with Crippen molar-refractivity contribution in [2.75, 3.05) is 0 Å². The average Bonchev–Trinajstić information content (AvgIpc) is 3.86. The summed E-state index contributed by atoms with van der Waals surface area (Å²) in [5, 5.41) is 9.02. The van der Waals surface area contributed by atoms with Gasteiger partial charge in [-0.2, -0.15) is 0 Å². The van der Waals surface area contributed by atoms with Gasteiger partial charge in [-0.05, 0) is 87.6 Å². The van der Waals surface area contributed by atoms with Gasteiger partial charge in [0.2, 0.25) is 0 Å². The molecule has 0 bridgehead atoms. The maximum absolute atomic E-state index is 2.55. The summed E-state index contributed by atoms with van der Waals surface area (Å²) in [5.74, 6) is 0. The first-order chi connectivity index (χ1) is 25.8. The Balaban J connectivity index is 1.17. The topological polar surface area (TPSA) is 9.86 Å². The van der Waals surface area contributed by atoms with Gasteiger partial charge in [-0.3, -0.25) is 9.13 Å². The first-order valence-corrected chi connectivity index (χ1v) is 19.3. The minimum atomic E-state index is 1.16. The van der Waals surface area contributed by atoms with E-state index in [0.29, 0.717) is 0 Å². The minimum Gasteiger partial charge on any atom is -0.295 e. The Hall–Kier alpha value is -6.07. The predicted molar refractivity (Wildman–Crippen MR) is 223 cm³/mol. The molecule has 8 aromatic carbocycles. The van der Waals surface area contributed by atoms with E-state index in [9.17, 15) is 0 Å². The van der Waals surface area contributed by atoms with Crippen LogP contribution < -0.4 is 0 Å². The lowest BCUT2D eigenvalue weighted by Crippen LogP contribution is -2.06. The summed E-state index contributed by atoms with van der Waals surface area (Å²) in [4.78, 5) is 2.55. The molecule has 1 aliphatic rings. The molecular weight excluding hydrogens is 669 g/mol. The lowest BCUT2D eigenvalue weighted by atomic mass is 9.99. The summed E-state index contributed by atoms with van der Waals surface area (Å²) in [6, 6.07) is 62.9. The second kappa shape index (κ2) is 10.7. The SMILES string of the molecule is c1ccc(-c2cccc3c2c2c4cccc5c4n(c2n3-c2ccc3ccccc3c2)-c2ccc(-c3ccc4sc6ccccc6c4c3)cc2S5)cc1. The Bertz CT molecular complexity index is 3270. The van der Waals surface area contributed by atoms with Crippen LogP contribution in [0.15, 0.2) is 180 Å². The van der Waals surface area contributed by atoms with E-state index in [1.807, 2.05) is 23.1 Å². The highest BCUT2D eigenvalue weighted by atomic mass is 32.2. The lowest BCUT2D eigenvalue weighted by molar-refractivity contribution is 1.03. The molecule has 3 aromatic heterocycles. The number of benzene rings is 8. The molecule has 2 nitrogen and oxygen atoms in total. The summed E-state index contributed by atoms with van der Waals surface area (Å²) < 4.78 is 7.73. The van der Waals surface area contributed by atoms with E-state index in [1.165, 1.54) is 102 Å². The van der Waals surface area contributed by atoms with E-state index < -0.39 is 0 Å². The fourth-order valence-electron chi connectivity index (χ4n) is 8.59. The Morgan fingerprint density at radius 3 is 2.13 bits per heavy atom. The van der Waals surface area contributed by atoms with Gasteiger partial charge in [-0.15, -0.1) is 11.3 Å². The summed E-state index contributed by atoms with van der Waals surface area (Å²) in [7, 11) is 0. The summed E-state index contributed by atoms with van der Waals surface area (Å²) >= 11 is 3.76. The zero-order valence-electron chi connectivity index (χ0n) is 27.9. The molecule has 0 aliphatic carbocycles. The molecule has 242 valence electrons. The Morgan fingerprint density at radius 2 is 1.19 bits per heavy atom. The molecule has 4 heteroatoms. The maximum Gasteiger partial charge on any atom is 0.131 e. The number of para-hydroxylation sites is 1. The van der Waals surface area contributed by atoms with Crippen LogP contribution in [0.25, 0.3) is 97.4 Å². The third kappa shape index (κ3) is 3.96. The maximum atomic E-state index is 2.55. The molecule has 1 aliphatic heterocycles. The molecule has 0 N–H and O–H groups in total. The van der Waals surface area contributed by atoms with Crippen LogP contribution in [0.5, 0.6) is 0 Å². The first-order valence-electron chi connectivity index (χ1n) is 17.7. The van der Waals surface area contributed by atoms with Gasteiger partial charge >= 0.3 is 0 Å². The van der Waals surface area contributed by atoms with Gasteiger partial charge in [-0.1, -0.05) is 127 Å². The molecule has 12 rings (SSSR count). The molecule has 0 saturated carbocycles. The van der Waals surface area contributed by atoms with Gasteiger partial charge in [0.1, 0.15) is 5.65 Å². The number of aromatic nitrogens is 2. The van der Waals surface area contributed by atoms with E-state index in [2.05, 4.69) is 179 Å². The number of nitrogens with zero attached hydrogens (tertiary/aromatic N) is 2. The van der Waals surface area contributed by atoms with Crippen molar-refractivity contribution in [1.82, 2.24) is 9.13 Å². The van der Waals surface area contributed by atoms with Gasteiger partial charge in [0, 0.05) is 51.8 Å². The molecule has 52 heavy (non-hydrogen) atoms. The van der Waals surface area contributed by atoms with Crippen molar-refractivity contribution in [3.63, 3.8) is 0 Å². The van der Waals surface area contributed by atoms with Crippen LogP contribution in [0.1, 0.15) is 0 Å². The zero-order chi connectivity index (χ0) is 33.9. The highest BCUT2D eigenvalue weighted by Crippen LogP contribution is 2.51. The largest absolute Gasteiger partial charge is 0.295 e. The Labute approximate surface area is 307 Å². The van der Waals surface area contributed by atoms with Crippen LogP contribution in [-0.2, 0) is 0 Å². The van der Waals surface area contributed by atoms with Crippen LogP contribution in [0.4, 0.5) is 0 Å². The van der Waals surface area contributed by atoms with Gasteiger partial charge in [0.15, 0.2) is 0 Å². The van der Waals surface area contributed by atoms with Crippen LogP contribution in [-0.4, -0.2) is 9.13 Å². The van der Waals surface area contributed by atoms with E-state index >= 15 is 0 Å². The first kappa shape index (κ1) is 28.6. The summed E-state index contributed by atoms with van der Waals surface area (Å²) in [6.45, 7) is 0. The highest BCUT2D eigenvalue weighted by molar-refractivity contribution is 7.99. The molecule has 0 saturated heterocycles. The third-order valence-corrected chi connectivity index (χ3v) is 13.1. The summed E-state index contributed by atoms with van der Waals surface area (Å²) in [5.41, 5.74) is 11.1. The second-order valence-electron chi connectivity index (χ2n) is 13.7. The fraction of sp³-hybridized carbons (Fsp3) is 0. The van der Waals surface area contributed by atoms with Crippen molar-refractivity contribution >= 4 is 86.9 Å². The molecule has 0 spiro atoms. The summed E-state index contributed by atoms with van der Waals surface area (Å²) in [6.07, 6.45) is 0.